The topological polar surface area (TPSA) is 63.1 Å². The van der Waals surface area contributed by atoms with E-state index >= 15 is 0 Å². The van der Waals surface area contributed by atoms with E-state index in [-0.39, 0.29) is 11.5 Å². The second kappa shape index (κ2) is 4.87. The summed E-state index contributed by atoms with van der Waals surface area (Å²) >= 11 is 0. The van der Waals surface area contributed by atoms with E-state index in [2.05, 4.69) is 16.9 Å². The number of rotatable bonds is 4. The minimum absolute atomic E-state index is 0.213. The van der Waals surface area contributed by atoms with Crippen molar-refractivity contribution in [1.29, 1.82) is 0 Å². The van der Waals surface area contributed by atoms with Crippen molar-refractivity contribution in [3.05, 3.63) is 23.3 Å². The van der Waals surface area contributed by atoms with Crippen molar-refractivity contribution < 1.29 is 9.90 Å². The van der Waals surface area contributed by atoms with Crippen molar-refractivity contribution in [2.24, 2.45) is 0 Å². The molecular weight excluding hydrogens is 192 g/mol. The van der Waals surface area contributed by atoms with Crippen LogP contribution in [0.3, 0.4) is 0 Å². The summed E-state index contributed by atoms with van der Waals surface area (Å²) in [4.78, 5) is 19.2. The molecule has 0 aliphatic carbocycles. The van der Waals surface area contributed by atoms with Gasteiger partial charge in [-0.25, -0.2) is 14.8 Å². The third-order valence-corrected chi connectivity index (χ3v) is 2.50. The molecule has 0 saturated heterocycles. The lowest BCUT2D eigenvalue weighted by atomic mass is 10.1. The highest BCUT2D eigenvalue weighted by atomic mass is 16.4. The van der Waals surface area contributed by atoms with E-state index in [0.717, 1.165) is 12.2 Å². The summed E-state index contributed by atoms with van der Waals surface area (Å²) in [5.41, 5.74) is 0.831. The molecule has 0 fully saturated rings. The Kier molecular flexibility index (Phi) is 3.77. The Morgan fingerprint density at radius 1 is 1.53 bits per heavy atom. The number of carboxylic acid groups (broad SMARTS) is 1. The molecule has 0 aromatic carbocycles. The quantitative estimate of drug-likeness (QED) is 0.824. The van der Waals surface area contributed by atoms with Gasteiger partial charge in [-0.1, -0.05) is 20.8 Å². The molecule has 0 aliphatic heterocycles. The first-order valence-corrected chi connectivity index (χ1v) is 5.19. The van der Waals surface area contributed by atoms with Crippen LogP contribution in [0.4, 0.5) is 0 Å². The summed E-state index contributed by atoms with van der Waals surface area (Å²) < 4.78 is 0. The van der Waals surface area contributed by atoms with Gasteiger partial charge < -0.3 is 5.11 Å². The highest BCUT2D eigenvalue weighted by molar-refractivity contribution is 5.88. The van der Waals surface area contributed by atoms with Crippen LogP contribution < -0.4 is 0 Å². The van der Waals surface area contributed by atoms with Crippen LogP contribution in [0, 0.1) is 0 Å². The molecule has 0 amide bonds. The first-order chi connectivity index (χ1) is 7.10. The Morgan fingerprint density at radius 3 is 2.67 bits per heavy atom. The zero-order valence-corrected chi connectivity index (χ0v) is 9.32. The van der Waals surface area contributed by atoms with Crippen LogP contribution in [-0.4, -0.2) is 21.0 Å². The minimum Gasteiger partial charge on any atom is -0.478 e. The molecule has 0 radical (unpaired) electrons. The summed E-state index contributed by atoms with van der Waals surface area (Å²) in [7, 11) is 0. The maximum atomic E-state index is 10.9. The Bertz CT molecular complexity index is 364. The summed E-state index contributed by atoms with van der Waals surface area (Å²) in [5, 5.41) is 8.90. The molecule has 1 N–H and O–H groups in total. The first kappa shape index (κ1) is 11.6. The van der Waals surface area contributed by atoms with E-state index in [9.17, 15) is 4.79 Å². The number of aromatic nitrogens is 2. The molecule has 1 aromatic heterocycles. The van der Waals surface area contributed by atoms with Crippen LogP contribution in [0.25, 0.3) is 0 Å². The average molecular weight is 208 g/mol. The Labute approximate surface area is 89.4 Å². The molecule has 0 spiro atoms. The molecule has 1 atom stereocenters. The van der Waals surface area contributed by atoms with Gasteiger partial charge in [0.2, 0.25) is 0 Å². The van der Waals surface area contributed by atoms with Gasteiger partial charge in [0.25, 0.3) is 0 Å². The van der Waals surface area contributed by atoms with Crippen LogP contribution >= 0.6 is 0 Å². The van der Waals surface area contributed by atoms with Gasteiger partial charge in [-0.2, -0.15) is 0 Å². The van der Waals surface area contributed by atoms with E-state index in [1.54, 1.807) is 0 Å². The van der Waals surface area contributed by atoms with Crippen molar-refractivity contribution >= 4 is 5.97 Å². The smallest absolute Gasteiger partial charge is 0.339 e. The molecule has 1 unspecified atom stereocenters. The van der Waals surface area contributed by atoms with E-state index in [4.69, 9.17) is 5.11 Å². The highest BCUT2D eigenvalue weighted by Crippen LogP contribution is 2.16. The number of carbonyl (C=O) groups is 1. The first-order valence-electron chi connectivity index (χ1n) is 5.19. The maximum Gasteiger partial charge on any atom is 0.339 e. The number of hydrogen-bond acceptors (Lipinski definition) is 3. The SMILES string of the molecule is CCc1nc(C(C)CC)ncc1C(=O)O. The van der Waals surface area contributed by atoms with Crippen molar-refractivity contribution in [2.75, 3.05) is 0 Å². The number of aromatic carboxylic acids is 1. The van der Waals surface area contributed by atoms with Gasteiger partial charge in [0, 0.05) is 12.1 Å². The van der Waals surface area contributed by atoms with Gasteiger partial charge >= 0.3 is 5.97 Å². The lowest BCUT2D eigenvalue weighted by molar-refractivity contribution is 0.0694. The predicted octanol–water partition coefficient (Wildman–Crippen LogP) is 2.25. The van der Waals surface area contributed by atoms with Crippen LogP contribution in [0.15, 0.2) is 6.20 Å². The summed E-state index contributed by atoms with van der Waals surface area (Å²) in [6, 6.07) is 0. The van der Waals surface area contributed by atoms with E-state index in [0.29, 0.717) is 12.1 Å². The third kappa shape index (κ3) is 2.52. The van der Waals surface area contributed by atoms with Crippen molar-refractivity contribution in [3.8, 4) is 0 Å². The molecular formula is C11H16N2O2. The Balaban J connectivity index is 3.13. The molecule has 0 aliphatic rings. The molecule has 15 heavy (non-hydrogen) atoms. The number of aryl methyl sites for hydroxylation is 1. The van der Waals surface area contributed by atoms with Gasteiger partial charge in [-0.05, 0) is 12.8 Å². The molecule has 1 aromatic rings. The summed E-state index contributed by atoms with van der Waals surface area (Å²) in [6.45, 7) is 6.00. The highest BCUT2D eigenvalue weighted by Gasteiger charge is 2.14. The molecule has 1 rings (SSSR count). The van der Waals surface area contributed by atoms with Crippen molar-refractivity contribution in [1.82, 2.24) is 9.97 Å². The van der Waals surface area contributed by atoms with E-state index in [1.165, 1.54) is 6.20 Å². The number of hydrogen-bond donors (Lipinski definition) is 1. The minimum atomic E-state index is -0.956. The zero-order valence-electron chi connectivity index (χ0n) is 9.32. The second-order valence-electron chi connectivity index (χ2n) is 3.56. The van der Waals surface area contributed by atoms with Gasteiger partial charge in [-0.15, -0.1) is 0 Å². The summed E-state index contributed by atoms with van der Waals surface area (Å²) in [6.07, 6.45) is 2.98. The largest absolute Gasteiger partial charge is 0.478 e. The van der Waals surface area contributed by atoms with Crippen LogP contribution in [0.2, 0.25) is 0 Å². The van der Waals surface area contributed by atoms with Gasteiger partial charge in [0.1, 0.15) is 5.82 Å². The molecule has 1 heterocycles. The normalized spacial score (nSPS) is 12.5. The van der Waals surface area contributed by atoms with Gasteiger partial charge in [0.15, 0.2) is 0 Å². The standard InChI is InChI=1S/C11H16N2O2/c1-4-7(3)10-12-6-8(11(14)15)9(5-2)13-10/h6-7H,4-5H2,1-3H3,(H,14,15). The Hall–Kier alpha value is -1.45. The maximum absolute atomic E-state index is 10.9. The monoisotopic (exact) mass is 208 g/mol. The van der Waals surface area contributed by atoms with Gasteiger partial charge in [-0.3, -0.25) is 0 Å². The predicted molar refractivity (Wildman–Crippen MR) is 57.1 cm³/mol. The van der Waals surface area contributed by atoms with Crippen LogP contribution in [0.1, 0.15) is 55.0 Å². The lowest BCUT2D eigenvalue weighted by Crippen LogP contribution is -2.09. The molecule has 4 nitrogen and oxygen atoms in total. The van der Waals surface area contributed by atoms with Crippen molar-refractivity contribution in [2.45, 2.75) is 39.5 Å². The second-order valence-corrected chi connectivity index (χ2v) is 3.56. The van der Waals surface area contributed by atoms with Crippen LogP contribution in [-0.2, 0) is 6.42 Å². The van der Waals surface area contributed by atoms with Crippen molar-refractivity contribution in [3.63, 3.8) is 0 Å². The molecule has 82 valence electrons. The molecule has 0 bridgehead atoms. The fourth-order valence-electron chi connectivity index (χ4n) is 1.30. The summed E-state index contributed by atoms with van der Waals surface area (Å²) in [5.74, 6) is 0.0556. The third-order valence-electron chi connectivity index (χ3n) is 2.50. The van der Waals surface area contributed by atoms with Crippen LogP contribution in [0.5, 0.6) is 0 Å². The number of nitrogens with zero attached hydrogens (tertiary/aromatic N) is 2. The molecule has 0 saturated carbocycles. The molecule has 4 heteroatoms. The fraction of sp³-hybridized carbons (Fsp3) is 0.545. The van der Waals surface area contributed by atoms with Gasteiger partial charge in [0.05, 0.1) is 11.3 Å². The fourth-order valence-corrected chi connectivity index (χ4v) is 1.30. The zero-order chi connectivity index (χ0) is 11.4. The Morgan fingerprint density at radius 2 is 2.20 bits per heavy atom. The average Bonchev–Trinajstić information content (AvgIpc) is 2.26. The number of carboxylic acids is 1. The van der Waals surface area contributed by atoms with E-state index < -0.39 is 5.97 Å². The van der Waals surface area contributed by atoms with E-state index in [1.807, 2.05) is 13.8 Å². The lowest BCUT2D eigenvalue weighted by Gasteiger charge is -2.09.